The van der Waals surface area contributed by atoms with Crippen molar-refractivity contribution in [2.75, 3.05) is 7.05 Å². The van der Waals surface area contributed by atoms with Crippen LogP contribution in [-0.2, 0) is 14.8 Å². The Morgan fingerprint density at radius 3 is 2.29 bits per heavy atom. The van der Waals surface area contributed by atoms with Crippen molar-refractivity contribution < 1.29 is 22.7 Å². The van der Waals surface area contributed by atoms with Crippen LogP contribution in [0.3, 0.4) is 0 Å². The van der Waals surface area contributed by atoms with Crippen molar-refractivity contribution in [1.82, 2.24) is 4.31 Å². The van der Waals surface area contributed by atoms with Crippen LogP contribution in [-0.4, -0.2) is 31.5 Å². The van der Waals surface area contributed by atoms with E-state index in [1.807, 2.05) is 24.3 Å². The zero-order valence-electron chi connectivity index (χ0n) is 18.4. The smallest absolute Gasteiger partial charge is 0.343 e. The van der Waals surface area contributed by atoms with Crippen molar-refractivity contribution in [3.63, 3.8) is 0 Å². The van der Waals surface area contributed by atoms with Crippen molar-refractivity contribution >= 4 is 49.9 Å². The highest BCUT2D eigenvalue weighted by Gasteiger charge is 2.39. The molecule has 0 fully saturated rings. The summed E-state index contributed by atoms with van der Waals surface area (Å²) in [4.78, 5) is 26.7. The molecule has 4 aromatic carbocycles. The largest absolute Gasteiger partial charge is 0.420 e. The Balaban J connectivity index is 1.70. The Hall–Kier alpha value is -3.94. The first-order chi connectivity index (χ1) is 16.8. The number of carbonyl (C=O) groups is 2. The number of sulfonamides is 1. The van der Waals surface area contributed by atoms with Crippen molar-refractivity contribution in [3.8, 4) is 0 Å². The molecule has 0 saturated heterocycles. The fraction of sp³-hybridized carbons (Fsp3) is 0.0370. The fourth-order valence-corrected chi connectivity index (χ4v) is 5.58. The number of esters is 1. The molecular formula is C27H18ClNO5S. The maximum atomic E-state index is 13.8. The molecule has 0 aliphatic carbocycles. The second-order valence-electron chi connectivity index (χ2n) is 7.94. The number of Topliss-reactive ketones (excluding diaryl/α,β-unsaturated/α-hetero) is 1. The lowest BCUT2D eigenvalue weighted by atomic mass is 10.0. The summed E-state index contributed by atoms with van der Waals surface area (Å²) in [6.07, 6.45) is 0. The summed E-state index contributed by atoms with van der Waals surface area (Å²) in [7, 11) is -2.79. The summed E-state index contributed by atoms with van der Waals surface area (Å²) in [6, 6.07) is 24.9. The summed E-state index contributed by atoms with van der Waals surface area (Å²) in [5, 5.41) is 2.09. The Labute approximate surface area is 207 Å². The molecule has 1 aliphatic rings. The number of halogens is 1. The average molecular weight is 504 g/mol. The number of likely N-dealkylation sites (N-methyl/N-ethyl adjacent to an activating group) is 1. The third-order valence-electron chi connectivity index (χ3n) is 5.78. The van der Waals surface area contributed by atoms with Gasteiger partial charge in [0.05, 0.1) is 10.5 Å². The predicted octanol–water partition coefficient (Wildman–Crippen LogP) is 5.54. The van der Waals surface area contributed by atoms with Gasteiger partial charge in [-0.3, -0.25) is 9.10 Å². The highest BCUT2D eigenvalue weighted by Crippen LogP contribution is 2.38. The summed E-state index contributed by atoms with van der Waals surface area (Å²) in [5.74, 6) is -1.50. The van der Waals surface area contributed by atoms with E-state index in [9.17, 15) is 18.0 Å². The minimum absolute atomic E-state index is 0.0635. The van der Waals surface area contributed by atoms with E-state index >= 15 is 0 Å². The van der Waals surface area contributed by atoms with Gasteiger partial charge in [0, 0.05) is 23.2 Å². The number of rotatable bonds is 4. The second kappa shape index (κ2) is 8.69. The standard InChI is InChI=1S/C27H18ClNO5S/c1-29-24(25(30)19-14-13-17-7-2-3-8-18(17)15-19)26(22-11-4-5-12-23(22)35(29,32)33)34-27(31)20-9-6-10-21(28)16-20/h2-16H,1H3. The first-order valence-corrected chi connectivity index (χ1v) is 12.4. The molecule has 0 atom stereocenters. The van der Waals surface area contributed by atoms with Crippen LogP contribution in [0.2, 0.25) is 5.02 Å². The molecule has 0 bridgehead atoms. The van der Waals surface area contributed by atoms with Crippen molar-refractivity contribution in [3.05, 3.63) is 118 Å². The minimum Gasteiger partial charge on any atom is -0.420 e. The first kappa shape index (κ1) is 22.8. The number of carbonyl (C=O) groups excluding carboxylic acids is 2. The number of nitrogens with zero attached hydrogens (tertiary/aromatic N) is 1. The van der Waals surface area contributed by atoms with Crippen molar-refractivity contribution in [2.45, 2.75) is 4.90 Å². The number of hydrogen-bond acceptors (Lipinski definition) is 5. The molecule has 35 heavy (non-hydrogen) atoms. The molecule has 6 nitrogen and oxygen atoms in total. The third-order valence-corrected chi connectivity index (χ3v) is 7.83. The number of ketones is 1. The molecule has 0 amide bonds. The van der Waals surface area contributed by atoms with Gasteiger partial charge in [-0.05, 0) is 47.2 Å². The Morgan fingerprint density at radius 2 is 1.51 bits per heavy atom. The molecule has 174 valence electrons. The van der Waals surface area contributed by atoms with Crippen LogP contribution in [0.1, 0.15) is 26.3 Å². The molecule has 4 aromatic rings. The van der Waals surface area contributed by atoms with Crippen LogP contribution in [0.4, 0.5) is 0 Å². The molecule has 0 radical (unpaired) electrons. The molecule has 1 heterocycles. The van der Waals surface area contributed by atoms with Gasteiger partial charge >= 0.3 is 5.97 Å². The van der Waals surface area contributed by atoms with Crippen molar-refractivity contribution in [1.29, 1.82) is 0 Å². The van der Waals surface area contributed by atoms with Crippen LogP contribution >= 0.6 is 11.6 Å². The maximum absolute atomic E-state index is 13.8. The molecule has 8 heteroatoms. The Morgan fingerprint density at radius 1 is 0.800 bits per heavy atom. The van der Waals surface area contributed by atoms with Gasteiger partial charge in [0.15, 0.2) is 5.76 Å². The topological polar surface area (TPSA) is 80.8 Å². The molecule has 5 rings (SSSR count). The van der Waals surface area contributed by atoms with Gasteiger partial charge in [-0.15, -0.1) is 0 Å². The second-order valence-corrected chi connectivity index (χ2v) is 10.3. The van der Waals surface area contributed by atoms with Crippen LogP contribution in [0.5, 0.6) is 0 Å². The maximum Gasteiger partial charge on any atom is 0.343 e. The van der Waals surface area contributed by atoms with E-state index in [1.54, 1.807) is 42.5 Å². The average Bonchev–Trinajstić information content (AvgIpc) is 2.87. The zero-order valence-corrected chi connectivity index (χ0v) is 20.0. The molecule has 0 saturated carbocycles. The quantitative estimate of drug-likeness (QED) is 0.270. The van der Waals surface area contributed by atoms with E-state index < -0.39 is 21.8 Å². The van der Waals surface area contributed by atoms with E-state index in [1.165, 1.54) is 31.3 Å². The predicted molar refractivity (Wildman–Crippen MR) is 133 cm³/mol. The lowest BCUT2D eigenvalue weighted by Gasteiger charge is -2.30. The lowest BCUT2D eigenvalue weighted by Crippen LogP contribution is -2.36. The van der Waals surface area contributed by atoms with Crippen LogP contribution in [0, 0.1) is 0 Å². The monoisotopic (exact) mass is 503 g/mol. The number of allylic oxidation sites excluding steroid dienone is 1. The van der Waals surface area contributed by atoms with E-state index in [0.717, 1.165) is 15.1 Å². The summed E-state index contributed by atoms with van der Waals surface area (Å²) < 4.78 is 33.2. The summed E-state index contributed by atoms with van der Waals surface area (Å²) >= 11 is 6.02. The van der Waals surface area contributed by atoms with Crippen LogP contribution < -0.4 is 0 Å². The van der Waals surface area contributed by atoms with Gasteiger partial charge in [0.1, 0.15) is 5.70 Å². The van der Waals surface area contributed by atoms with Gasteiger partial charge in [0.2, 0.25) is 5.78 Å². The Bertz CT molecular complexity index is 1660. The van der Waals surface area contributed by atoms with Gasteiger partial charge in [0.25, 0.3) is 10.0 Å². The molecular weight excluding hydrogens is 486 g/mol. The zero-order chi connectivity index (χ0) is 24.7. The van der Waals surface area contributed by atoms with Gasteiger partial charge in [-0.25, -0.2) is 13.2 Å². The fourth-order valence-electron chi connectivity index (χ4n) is 4.00. The van der Waals surface area contributed by atoms with E-state index in [2.05, 4.69) is 0 Å². The SMILES string of the molecule is CN1C(C(=O)c2ccc3ccccc3c2)=C(OC(=O)c2cccc(Cl)c2)c2ccccc2S1(=O)=O. The summed E-state index contributed by atoms with van der Waals surface area (Å²) in [5.41, 5.74) is 0.298. The first-order valence-electron chi connectivity index (χ1n) is 10.6. The molecule has 0 spiro atoms. The van der Waals surface area contributed by atoms with Crippen molar-refractivity contribution in [2.24, 2.45) is 0 Å². The normalized spacial score (nSPS) is 14.5. The van der Waals surface area contributed by atoms with E-state index in [4.69, 9.17) is 16.3 Å². The van der Waals surface area contributed by atoms with Gasteiger partial charge < -0.3 is 4.74 Å². The third kappa shape index (κ3) is 3.99. The lowest BCUT2D eigenvalue weighted by molar-refractivity contribution is 0.0686. The van der Waals surface area contributed by atoms with E-state index in [0.29, 0.717) is 5.02 Å². The molecule has 0 N–H and O–H groups in total. The minimum atomic E-state index is -4.06. The van der Waals surface area contributed by atoms with Crippen LogP contribution in [0.25, 0.3) is 16.5 Å². The molecule has 1 aliphatic heterocycles. The molecule has 0 aromatic heterocycles. The number of fused-ring (bicyclic) bond motifs is 2. The molecule has 0 unspecified atom stereocenters. The summed E-state index contributed by atoms with van der Waals surface area (Å²) in [6.45, 7) is 0. The van der Waals surface area contributed by atoms with Gasteiger partial charge in [-0.1, -0.05) is 66.2 Å². The number of hydrogen-bond donors (Lipinski definition) is 0. The van der Waals surface area contributed by atoms with Gasteiger partial charge in [-0.2, -0.15) is 0 Å². The Kier molecular flexibility index (Phi) is 5.67. The van der Waals surface area contributed by atoms with Crippen LogP contribution in [0.15, 0.2) is 102 Å². The highest BCUT2D eigenvalue weighted by atomic mass is 35.5. The number of ether oxygens (including phenoxy) is 1. The highest BCUT2D eigenvalue weighted by molar-refractivity contribution is 7.89. The van der Waals surface area contributed by atoms with E-state index in [-0.39, 0.29) is 33.0 Å². The number of benzene rings is 4.